The number of aromatic nitrogens is 1. The quantitative estimate of drug-likeness (QED) is 0.424. The van der Waals surface area contributed by atoms with Gasteiger partial charge in [0.1, 0.15) is 10.0 Å². The molecule has 0 saturated heterocycles. The van der Waals surface area contributed by atoms with Gasteiger partial charge in [-0.1, -0.05) is 35.3 Å². The van der Waals surface area contributed by atoms with E-state index in [1.165, 1.54) is 17.4 Å². The SMILES string of the molecule is COc1cccc2cc(-c3csc(NC(=O)c4cc(Cl)sc4Cl)n3)oc12. The number of amides is 1. The van der Waals surface area contributed by atoms with E-state index >= 15 is 0 Å². The van der Waals surface area contributed by atoms with Gasteiger partial charge in [0.15, 0.2) is 22.2 Å². The van der Waals surface area contributed by atoms with E-state index in [1.807, 2.05) is 29.6 Å². The number of anilines is 1. The van der Waals surface area contributed by atoms with E-state index in [0.717, 1.165) is 16.7 Å². The lowest BCUT2D eigenvalue weighted by atomic mass is 10.2. The first-order chi connectivity index (χ1) is 12.5. The summed E-state index contributed by atoms with van der Waals surface area (Å²) in [5.41, 5.74) is 1.60. The molecule has 0 fully saturated rings. The number of halogens is 2. The molecule has 3 heterocycles. The summed E-state index contributed by atoms with van der Waals surface area (Å²) in [6.45, 7) is 0. The lowest BCUT2D eigenvalue weighted by Gasteiger charge is -1.99. The number of ether oxygens (including phenoxy) is 1. The second-order valence-corrected chi connectivity index (χ2v) is 8.36. The molecule has 26 heavy (non-hydrogen) atoms. The van der Waals surface area contributed by atoms with E-state index in [0.29, 0.717) is 42.2 Å². The predicted octanol–water partition coefficient (Wildman–Crippen LogP) is 6.19. The molecule has 0 saturated carbocycles. The molecule has 1 N–H and O–H groups in total. The van der Waals surface area contributed by atoms with Gasteiger partial charge in [0.25, 0.3) is 5.91 Å². The Morgan fingerprint density at radius 3 is 2.88 bits per heavy atom. The molecule has 0 radical (unpaired) electrons. The van der Waals surface area contributed by atoms with Crippen LogP contribution in [0.5, 0.6) is 5.75 Å². The summed E-state index contributed by atoms with van der Waals surface area (Å²) in [7, 11) is 1.59. The Balaban J connectivity index is 1.60. The highest BCUT2D eigenvalue weighted by atomic mass is 35.5. The number of methoxy groups -OCH3 is 1. The Morgan fingerprint density at radius 1 is 1.31 bits per heavy atom. The largest absolute Gasteiger partial charge is 0.493 e. The Kier molecular flexibility index (Phi) is 4.62. The van der Waals surface area contributed by atoms with Gasteiger partial charge in [-0.25, -0.2) is 4.98 Å². The van der Waals surface area contributed by atoms with Crippen molar-refractivity contribution < 1.29 is 13.9 Å². The van der Waals surface area contributed by atoms with Crippen LogP contribution in [0.15, 0.2) is 40.1 Å². The first-order valence-electron chi connectivity index (χ1n) is 7.34. The number of para-hydroxylation sites is 1. The fourth-order valence-corrected chi connectivity index (χ4v) is 4.58. The average Bonchev–Trinajstić information content (AvgIpc) is 3.32. The topological polar surface area (TPSA) is 64.4 Å². The van der Waals surface area contributed by atoms with Crippen molar-refractivity contribution in [2.45, 2.75) is 0 Å². The molecule has 4 rings (SSSR count). The molecular weight excluding hydrogens is 415 g/mol. The molecule has 3 aromatic heterocycles. The molecule has 0 aliphatic carbocycles. The monoisotopic (exact) mass is 424 g/mol. The number of thiophene rings is 1. The first kappa shape index (κ1) is 17.4. The van der Waals surface area contributed by atoms with Crippen molar-refractivity contribution >= 4 is 67.9 Å². The highest BCUT2D eigenvalue weighted by molar-refractivity contribution is 7.20. The molecule has 4 aromatic rings. The predicted molar refractivity (Wildman–Crippen MR) is 106 cm³/mol. The van der Waals surface area contributed by atoms with E-state index < -0.39 is 0 Å². The van der Waals surface area contributed by atoms with Gasteiger partial charge < -0.3 is 9.15 Å². The molecule has 0 bridgehead atoms. The minimum atomic E-state index is -0.356. The van der Waals surface area contributed by atoms with Gasteiger partial charge >= 0.3 is 0 Å². The second kappa shape index (κ2) is 6.92. The lowest BCUT2D eigenvalue weighted by Crippen LogP contribution is -2.11. The number of carbonyl (C=O) groups is 1. The van der Waals surface area contributed by atoms with E-state index in [9.17, 15) is 4.79 Å². The van der Waals surface area contributed by atoms with E-state index in [2.05, 4.69) is 10.3 Å². The van der Waals surface area contributed by atoms with E-state index in [1.54, 1.807) is 7.11 Å². The number of hydrogen-bond donors (Lipinski definition) is 1. The summed E-state index contributed by atoms with van der Waals surface area (Å²) in [5.74, 6) is 0.893. The standard InChI is InChI=1S/C17H10Cl2N2O3S2/c1-23-11-4-2-3-8-5-12(24-14(8)11)10-7-25-17(20-10)21-16(22)9-6-13(18)26-15(9)19/h2-7H,1H3,(H,20,21,22). The number of nitrogens with one attached hydrogen (secondary N) is 1. The van der Waals surface area contributed by atoms with Crippen LogP contribution in [0.4, 0.5) is 5.13 Å². The van der Waals surface area contributed by atoms with Crippen LogP contribution in [0.1, 0.15) is 10.4 Å². The molecule has 1 aromatic carbocycles. The van der Waals surface area contributed by atoms with Crippen LogP contribution in [0.2, 0.25) is 8.67 Å². The van der Waals surface area contributed by atoms with Crippen LogP contribution in [-0.4, -0.2) is 18.0 Å². The van der Waals surface area contributed by atoms with E-state index in [-0.39, 0.29) is 5.91 Å². The summed E-state index contributed by atoms with van der Waals surface area (Å²) >= 11 is 14.3. The molecule has 0 atom stereocenters. The van der Waals surface area contributed by atoms with Gasteiger partial charge in [-0.3, -0.25) is 10.1 Å². The second-order valence-electron chi connectivity index (χ2n) is 5.22. The maximum absolute atomic E-state index is 12.3. The first-order valence-corrected chi connectivity index (χ1v) is 9.79. The Bertz CT molecular complexity index is 1120. The van der Waals surface area contributed by atoms with Gasteiger partial charge in [0, 0.05) is 10.8 Å². The summed E-state index contributed by atoms with van der Waals surface area (Å²) in [4.78, 5) is 16.7. The molecule has 9 heteroatoms. The number of furan rings is 1. The van der Waals surface area contributed by atoms with Crippen molar-refractivity contribution in [1.82, 2.24) is 4.98 Å². The van der Waals surface area contributed by atoms with Gasteiger partial charge in [-0.05, 0) is 18.2 Å². The summed E-state index contributed by atoms with van der Waals surface area (Å²) in [6.07, 6.45) is 0. The summed E-state index contributed by atoms with van der Waals surface area (Å²) < 4.78 is 12.0. The van der Waals surface area contributed by atoms with Crippen LogP contribution in [0.3, 0.4) is 0 Å². The minimum Gasteiger partial charge on any atom is -0.493 e. The van der Waals surface area contributed by atoms with Crippen molar-refractivity contribution in [3.8, 4) is 17.2 Å². The zero-order valence-electron chi connectivity index (χ0n) is 13.2. The molecular formula is C17H10Cl2N2O3S2. The number of carbonyl (C=O) groups excluding carboxylic acids is 1. The van der Waals surface area contributed by atoms with Gasteiger partial charge in [0.2, 0.25) is 0 Å². The van der Waals surface area contributed by atoms with Crippen molar-refractivity contribution in [3.63, 3.8) is 0 Å². The fraction of sp³-hybridized carbons (Fsp3) is 0.0588. The number of rotatable bonds is 4. The van der Waals surface area contributed by atoms with Crippen LogP contribution >= 0.6 is 45.9 Å². The van der Waals surface area contributed by atoms with Crippen LogP contribution in [0, 0.1) is 0 Å². The van der Waals surface area contributed by atoms with Gasteiger partial charge in [0.05, 0.1) is 17.0 Å². The van der Waals surface area contributed by atoms with Crippen molar-refractivity contribution in [1.29, 1.82) is 0 Å². The molecule has 0 spiro atoms. The normalized spacial score (nSPS) is 11.0. The van der Waals surface area contributed by atoms with Crippen LogP contribution in [0.25, 0.3) is 22.4 Å². The van der Waals surface area contributed by atoms with Gasteiger partial charge in [-0.2, -0.15) is 0 Å². The number of thiazole rings is 1. The number of hydrogen-bond acceptors (Lipinski definition) is 6. The Labute approximate surface area is 166 Å². The smallest absolute Gasteiger partial charge is 0.259 e. The Hall–Kier alpha value is -2.06. The highest BCUT2D eigenvalue weighted by Crippen LogP contribution is 2.35. The highest BCUT2D eigenvalue weighted by Gasteiger charge is 2.17. The van der Waals surface area contributed by atoms with Gasteiger partial charge in [-0.15, -0.1) is 22.7 Å². The van der Waals surface area contributed by atoms with Crippen molar-refractivity contribution in [2.24, 2.45) is 0 Å². The molecule has 0 unspecified atom stereocenters. The van der Waals surface area contributed by atoms with Crippen LogP contribution in [-0.2, 0) is 0 Å². The lowest BCUT2D eigenvalue weighted by molar-refractivity contribution is 0.102. The van der Waals surface area contributed by atoms with Crippen molar-refractivity contribution in [3.05, 3.63) is 49.9 Å². The zero-order chi connectivity index (χ0) is 18.3. The third kappa shape index (κ3) is 3.19. The minimum absolute atomic E-state index is 0.326. The van der Waals surface area contributed by atoms with E-state index in [4.69, 9.17) is 32.4 Å². The summed E-state index contributed by atoms with van der Waals surface area (Å²) in [6, 6.07) is 9.07. The molecule has 1 amide bonds. The number of fused-ring (bicyclic) bond motifs is 1. The molecule has 132 valence electrons. The third-order valence-electron chi connectivity index (χ3n) is 3.61. The maximum atomic E-state index is 12.3. The third-order valence-corrected chi connectivity index (χ3v) is 5.85. The van der Waals surface area contributed by atoms with Crippen molar-refractivity contribution in [2.75, 3.05) is 12.4 Å². The van der Waals surface area contributed by atoms with Crippen LogP contribution < -0.4 is 10.1 Å². The number of nitrogens with zero attached hydrogens (tertiary/aromatic N) is 1. The molecule has 5 nitrogen and oxygen atoms in total. The maximum Gasteiger partial charge on any atom is 0.259 e. The average molecular weight is 425 g/mol. The summed E-state index contributed by atoms with van der Waals surface area (Å²) in [5, 5.41) is 5.89. The molecule has 0 aliphatic rings. The zero-order valence-corrected chi connectivity index (χ0v) is 16.4. The fourth-order valence-electron chi connectivity index (χ4n) is 2.43. The Morgan fingerprint density at radius 2 is 2.15 bits per heavy atom. The number of benzene rings is 1. The molecule has 0 aliphatic heterocycles.